The molecule has 3 rings (SSSR count). The maximum absolute atomic E-state index is 13.7. The van der Waals surface area contributed by atoms with Crippen molar-refractivity contribution in [1.29, 1.82) is 0 Å². The number of aliphatic imine (C=N–C) groups is 1. The van der Waals surface area contributed by atoms with Gasteiger partial charge in [-0.3, -0.25) is 4.40 Å². The van der Waals surface area contributed by atoms with Crippen molar-refractivity contribution in [2.45, 2.75) is 20.0 Å². The Hall–Kier alpha value is -2.48. The van der Waals surface area contributed by atoms with Gasteiger partial charge < -0.3 is 10.6 Å². The molecule has 0 saturated carbocycles. The SMILES string of the molecule is CCNC(=NCc1cc(F)ccc1F)NCc1cn2ccsc2n1. The summed E-state index contributed by atoms with van der Waals surface area (Å²) in [6.07, 6.45) is 3.89. The molecule has 1 aromatic carbocycles. The number of fused-ring (bicyclic) bond motifs is 1. The summed E-state index contributed by atoms with van der Waals surface area (Å²) in [6.45, 7) is 3.14. The van der Waals surface area contributed by atoms with E-state index >= 15 is 0 Å². The van der Waals surface area contributed by atoms with Crippen LogP contribution in [0.2, 0.25) is 0 Å². The van der Waals surface area contributed by atoms with Gasteiger partial charge in [0, 0.05) is 29.9 Å². The van der Waals surface area contributed by atoms with E-state index in [0.29, 0.717) is 19.0 Å². The standard InChI is InChI=1S/C16H17F2N5S/c1-2-19-15(20-8-11-7-12(17)3-4-14(11)18)21-9-13-10-23-5-6-24-16(23)22-13/h3-7,10H,2,8-9H2,1H3,(H2,19,20,21). The zero-order chi connectivity index (χ0) is 16.9. The summed E-state index contributed by atoms with van der Waals surface area (Å²) >= 11 is 1.56. The number of hydrogen-bond donors (Lipinski definition) is 2. The second-order valence-electron chi connectivity index (χ2n) is 5.11. The molecule has 0 aliphatic carbocycles. The minimum atomic E-state index is -0.474. The van der Waals surface area contributed by atoms with Crippen LogP contribution in [0.4, 0.5) is 8.78 Å². The van der Waals surface area contributed by atoms with Crippen LogP contribution in [0.1, 0.15) is 18.2 Å². The summed E-state index contributed by atoms with van der Waals surface area (Å²) < 4.78 is 28.8. The van der Waals surface area contributed by atoms with Crippen LogP contribution in [0.25, 0.3) is 4.96 Å². The number of nitrogens with zero attached hydrogens (tertiary/aromatic N) is 3. The van der Waals surface area contributed by atoms with E-state index < -0.39 is 11.6 Å². The van der Waals surface area contributed by atoms with Gasteiger partial charge in [-0.1, -0.05) is 0 Å². The molecular formula is C16H17F2N5S. The predicted molar refractivity (Wildman–Crippen MR) is 91.1 cm³/mol. The van der Waals surface area contributed by atoms with E-state index in [0.717, 1.165) is 28.9 Å². The van der Waals surface area contributed by atoms with E-state index in [9.17, 15) is 8.78 Å². The third-order valence-electron chi connectivity index (χ3n) is 3.34. The second-order valence-corrected chi connectivity index (χ2v) is 5.98. The Morgan fingerprint density at radius 3 is 3.00 bits per heavy atom. The van der Waals surface area contributed by atoms with Crippen molar-refractivity contribution in [3.63, 3.8) is 0 Å². The molecule has 0 aliphatic rings. The third kappa shape index (κ3) is 3.88. The largest absolute Gasteiger partial charge is 0.357 e. The Morgan fingerprint density at radius 1 is 1.33 bits per heavy atom. The summed E-state index contributed by atoms with van der Waals surface area (Å²) in [5.41, 5.74) is 1.10. The topological polar surface area (TPSA) is 53.7 Å². The van der Waals surface area contributed by atoms with E-state index in [2.05, 4.69) is 20.6 Å². The van der Waals surface area contributed by atoms with Crippen molar-refractivity contribution in [3.8, 4) is 0 Å². The summed E-state index contributed by atoms with van der Waals surface area (Å²) in [4.78, 5) is 9.70. The van der Waals surface area contributed by atoms with E-state index in [-0.39, 0.29) is 12.1 Å². The van der Waals surface area contributed by atoms with E-state index in [1.165, 1.54) is 0 Å². The van der Waals surface area contributed by atoms with Gasteiger partial charge in [0.1, 0.15) is 11.6 Å². The zero-order valence-corrected chi connectivity index (χ0v) is 13.9. The molecule has 0 spiro atoms. The molecule has 0 aliphatic heterocycles. The number of thiazole rings is 1. The van der Waals surface area contributed by atoms with Gasteiger partial charge in [-0.05, 0) is 25.1 Å². The van der Waals surface area contributed by atoms with Gasteiger partial charge in [0.2, 0.25) is 0 Å². The molecule has 0 amide bonds. The van der Waals surface area contributed by atoms with Gasteiger partial charge in [-0.15, -0.1) is 11.3 Å². The number of aromatic nitrogens is 2. The van der Waals surface area contributed by atoms with E-state index in [1.54, 1.807) is 11.3 Å². The summed E-state index contributed by atoms with van der Waals surface area (Å²) in [5, 5.41) is 8.19. The fraction of sp³-hybridized carbons (Fsp3) is 0.250. The molecule has 8 heteroatoms. The normalized spacial score (nSPS) is 11.9. The summed E-state index contributed by atoms with van der Waals surface area (Å²) in [5.74, 6) is -0.416. The number of imidazole rings is 1. The lowest BCUT2D eigenvalue weighted by molar-refractivity contribution is 0.585. The highest BCUT2D eigenvalue weighted by Crippen LogP contribution is 2.12. The lowest BCUT2D eigenvalue weighted by Gasteiger charge is -2.10. The van der Waals surface area contributed by atoms with Crippen LogP contribution < -0.4 is 10.6 Å². The van der Waals surface area contributed by atoms with Crippen LogP contribution in [-0.4, -0.2) is 21.9 Å². The van der Waals surface area contributed by atoms with Crippen molar-refractivity contribution in [1.82, 2.24) is 20.0 Å². The Balaban J connectivity index is 1.66. The molecule has 0 unspecified atom stereocenters. The van der Waals surface area contributed by atoms with Gasteiger partial charge >= 0.3 is 0 Å². The number of rotatable bonds is 5. The maximum Gasteiger partial charge on any atom is 0.193 e. The third-order valence-corrected chi connectivity index (χ3v) is 4.11. The lowest BCUT2D eigenvalue weighted by Crippen LogP contribution is -2.36. The molecule has 0 atom stereocenters. The molecule has 0 fully saturated rings. The number of guanidine groups is 1. The second kappa shape index (κ2) is 7.39. The molecule has 0 radical (unpaired) electrons. The van der Waals surface area contributed by atoms with E-state index in [1.807, 2.05) is 29.1 Å². The molecule has 24 heavy (non-hydrogen) atoms. The first-order valence-corrected chi connectivity index (χ1v) is 8.41. The summed E-state index contributed by atoms with van der Waals surface area (Å²) in [7, 11) is 0. The number of benzene rings is 1. The first kappa shape index (κ1) is 16.4. The van der Waals surface area contributed by atoms with Crippen LogP contribution in [0.5, 0.6) is 0 Å². The average molecular weight is 349 g/mol. The van der Waals surface area contributed by atoms with Crippen molar-refractivity contribution < 1.29 is 8.78 Å². The smallest absolute Gasteiger partial charge is 0.193 e. The highest BCUT2D eigenvalue weighted by atomic mass is 32.1. The maximum atomic E-state index is 13.7. The fourth-order valence-corrected chi connectivity index (χ4v) is 2.92. The molecule has 2 N–H and O–H groups in total. The first-order valence-electron chi connectivity index (χ1n) is 7.53. The molecule has 0 bridgehead atoms. The van der Waals surface area contributed by atoms with Crippen molar-refractivity contribution >= 4 is 22.3 Å². The van der Waals surface area contributed by atoms with Crippen LogP contribution >= 0.6 is 11.3 Å². The van der Waals surface area contributed by atoms with E-state index in [4.69, 9.17) is 0 Å². The van der Waals surface area contributed by atoms with Gasteiger partial charge in [-0.2, -0.15) is 0 Å². The molecule has 2 heterocycles. The molecular weight excluding hydrogens is 332 g/mol. The van der Waals surface area contributed by atoms with Gasteiger partial charge in [0.25, 0.3) is 0 Å². The molecule has 5 nitrogen and oxygen atoms in total. The Bertz CT molecular complexity index is 827. The quantitative estimate of drug-likeness (QED) is 0.550. The number of hydrogen-bond acceptors (Lipinski definition) is 3. The lowest BCUT2D eigenvalue weighted by atomic mass is 10.2. The zero-order valence-electron chi connectivity index (χ0n) is 13.1. The van der Waals surface area contributed by atoms with Crippen LogP contribution in [0.3, 0.4) is 0 Å². The molecule has 126 valence electrons. The van der Waals surface area contributed by atoms with Crippen molar-refractivity contribution in [2.75, 3.05) is 6.54 Å². The minimum Gasteiger partial charge on any atom is -0.357 e. The Labute approximate surface area is 142 Å². The first-order chi connectivity index (χ1) is 11.7. The average Bonchev–Trinajstić information content (AvgIpc) is 3.14. The van der Waals surface area contributed by atoms with Crippen LogP contribution in [0, 0.1) is 11.6 Å². The number of nitrogens with one attached hydrogen (secondary N) is 2. The van der Waals surface area contributed by atoms with Gasteiger partial charge in [0.05, 0.1) is 18.8 Å². The molecule has 0 saturated heterocycles. The van der Waals surface area contributed by atoms with Crippen molar-refractivity contribution in [3.05, 3.63) is 58.9 Å². The highest BCUT2D eigenvalue weighted by molar-refractivity contribution is 7.15. The van der Waals surface area contributed by atoms with Crippen LogP contribution in [0.15, 0.2) is 41.0 Å². The summed E-state index contributed by atoms with van der Waals surface area (Å²) in [6, 6.07) is 3.36. The van der Waals surface area contributed by atoms with Crippen LogP contribution in [-0.2, 0) is 13.1 Å². The Kier molecular flexibility index (Phi) is 5.05. The van der Waals surface area contributed by atoms with Gasteiger partial charge in [0.15, 0.2) is 10.9 Å². The molecule has 2 aromatic heterocycles. The molecule has 3 aromatic rings. The van der Waals surface area contributed by atoms with Crippen molar-refractivity contribution in [2.24, 2.45) is 4.99 Å². The minimum absolute atomic E-state index is 0.0528. The monoisotopic (exact) mass is 349 g/mol. The predicted octanol–water partition coefficient (Wildman–Crippen LogP) is 2.93. The number of halogens is 2. The van der Waals surface area contributed by atoms with Gasteiger partial charge in [-0.25, -0.2) is 18.8 Å². The fourth-order valence-electron chi connectivity index (χ4n) is 2.21. The Morgan fingerprint density at radius 2 is 2.21 bits per heavy atom. The highest BCUT2D eigenvalue weighted by Gasteiger charge is 2.06.